The van der Waals surface area contributed by atoms with Gasteiger partial charge in [0.15, 0.2) is 11.7 Å². The summed E-state index contributed by atoms with van der Waals surface area (Å²) in [4.78, 5) is 29.4. The summed E-state index contributed by atoms with van der Waals surface area (Å²) in [5, 5.41) is 9.81. The second kappa shape index (κ2) is 6.88. The van der Waals surface area contributed by atoms with E-state index in [2.05, 4.69) is 4.98 Å². The standard InChI is InChI=1S/C18H19ClN2O4/c1-18(17(23)24)8-9-21(11-18)16(22)7-6-15-20-10-14(25-15)12-4-2-3-5-13(12)19/h2-5,10H,6-9,11H2,1H3,(H,23,24). The quantitative estimate of drug-likeness (QED) is 0.882. The first-order valence-corrected chi connectivity index (χ1v) is 8.48. The minimum absolute atomic E-state index is 0.0810. The molecular weight excluding hydrogens is 344 g/mol. The van der Waals surface area contributed by atoms with Crippen LogP contribution < -0.4 is 0 Å². The van der Waals surface area contributed by atoms with Crippen LogP contribution in [0.4, 0.5) is 0 Å². The molecule has 1 saturated heterocycles. The van der Waals surface area contributed by atoms with Crippen molar-refractivity contribution in [3.63, 3.8) is 0 Å². The van der Waals surface area contributed by atoms with Crippen LogP contribution in [0.3, 0.4) is 0 Å². The van der Waals surface area contributed by atoms with Crippen LogP contribution in [0.25, 0.3) is 11.3 Å². The van der Waals surface area contributed by atoms with E-state index in [-0.39, 0.29) is 18.9 Å². The Morgan fingerprint density at radius 2 is 2.16 bits per heavy atom. The molecule has 0 spiro atoms. The minimum Gasteiger partial charge on any atom is -0.481 e. The maximum absolute atomic E-state index is 12.3. The van der Waals surface area contributed by atoms with E-state index in [4.69, 9.17) is 16.0 Å². The molecular formula is C18H19ClN2O4. The van der Waals surface area contributed by atoms with E-state index >= 15 is 0 Å². The normalized spacial score (nSPS) is 20.0. The van der Waals surface area contributed by atoms with Gasteiger partial charge in [0.25, 0.3) is 0 Å². The zero-order valence-corrected chi connectivity index (χ0v) is 14.6. The molecule has 25 heavy (non-hydrogen) atoms. The molecule has 0 aliphatic carbocycles. The SMILES string of the molecule is CC1(C(=O)O)CCN(C(=O)CCc2ncc(-c3ccccc3Cl)o2)C1. The molecule has 1 aliphatic rings. The summed E-state index contributed by atoms with van der Waals surface area (Å²) in [6, 6.07) is 7.31. The van der Waals surface area contributed by atoms with Crippen molar-refractivity contribution in [3.8, 4) is 11.3 Å². The third-order valence-electron chi connectivity index (χ3n) is 4.59. The number of carboxylic acids is 1. The highest BCUT2D eigenvalue weighted by Gasteiger charge is 2.41. The van der Waals surface area contributed by atoms with Gasteiger partial charge < -0.3 is 14.4 Å². The number of carboxylic acid groups (broad SMARTS) is 1. The predicted molar refractivity (Wildman–Crippen MR) is 92.2 cm³/mol. The lowest BCUT2D eigenvalue weighted by atomic mass is 9.90. The third kappa shape index (κ3) is 3.69. The fourth-order valence-corrected chi connectivity index (χ4v) is 3.16. The molecule has 1 atom stereocenters. The maximum Gasteiger partial charge on any atom is 0.311 e. The molecule has 0 radical (unpaired) electrons. The Labute approximate surface area is 150 Å². The molecule has 1 fully saturated rings. The van der Waals surface area contributed by atoms with Crippen LogP contribution in [0.5, 0.6) is 0 Å². The lowest BCUT2D eigenvalue weighted by Gasteiger charge is -2.19. The number of oxazole rings is 1. The van der Waals surface area contributed by atoms with Crippen LogP contribution in [0.1, 0.15) is 25.7 Å². The van der Waals surface area contributed by atoms with Gasteiger partial charge in [-0.3, -0.25) is 9.59 Å². The summed E-state index contributed by atoms with van der Waals surface area (Å²) < 4.78 is 5.68. The number of aromatic nitrogens is 1. The number of nitrogens with zero attached hydrogens (tertiary/aromatic N) is 2. The van der Waals surface area contributed by atoms with Crippen LogP contribution in [0.2, 0.25) is 5.02 Å². The van der Waals surface area contributed by atoms with E-state index in [9.17, 15) is 14.7 Å². The molecule has 6 nitrogen and oxygen atoms in total. The van der Waals surface area contributed by atoms with Gasteiger partial charge >= 0.3 is 5.97 Å². The Bertz CT molecular complexity index is 804. The van der Waals surface area contributed by atoms with Crippen molar-refractivity contribution in [3.05, 3.63) is 41.4 Å². The molecule has 1 aliphatic heterocycles. The molecule has 1 aromatic carbocycles. The van der Waals surface area contributed by atoms with Crippen LogP contribution in [0.15, 0.2) is 34.9 Å². The Morgan fingerprint density at radius 3 is 2.84 bits per heavy atom. The highest BCUT2D eigenvalue weighted by molar-refractivity contribution is 6.33. The predicted octanol–water partition coefficient (Wildman–Crippen LogP) is 3.25. The smallest absolute Gasteiger partial charge is 0.311 e. The summed E-state index contributed by atoms with van der Waals surface area (Å²) in [5.41, 5.74) is -0.0958. The van der Waals surface area contributed by atoms with Crippen molar-refractivity contribution in [1.29, 1.82) is 0 Å². The first-order valence-electron chi connectivity index (χ1n) is 8.10. The summed E-state index contributed by atoms with van der Waals surface area (Å²) >= 11 is 6.14. The number of likely N-dealkylation sites (tertiary alicyclic amines) is 1. The van der Waals surface area contributed by atoms with Crippen molar-refractivity contribution in [2.24, 2.45) is 5.41 Å². The molecule has 0 saturated carbocycles. The van der Waals surface area contributed by atoms with E-state index in [1.54, 1.807) is 24.1 Å². The van der Waals surface area contributed by atoms with Gasteiger partial charge in [0.1, 0.15) is 0 Å². The Kier molecular flexibility index (Phi) is 4.81. The van der Waals surface area contributed by atoms with Gasteiger partial charge in [-0.15, -0.1) is 0 Å². The summed E-state index contributed by atoms with van der Waals surface area (Å²) in [5.74, 6) is 0.0819. The number of hydrogen-bond donors (Lipinski definition) is 1. The molecule has 7 heteroatoms. The van der Waals surface area contributed by atoms with Gasteiger partial charge in [0.05, 0.1) is 16.6 Å². The Balaban J connectivity index is 1.59. The van der Waals surface area contributed by atoms with Crippen molar-refractivity contribution < 1.29 is 19.1 Å². The number of benzene rings is 1. The molecule has 132 valence electrons. The topological polar surface area (TPSA) is 83.6 Å². The lowest BCUT2D eigenvalue weighted by molar-refractivity contribution is -0.147. The zero-order valence-electron chi connectivity index (χ0n) is 13.9. The second-order valence-electron chi connectivity index (χ2n) is 6.53. The zero-order chi connectivity index (χ0) is 18.0. The molecule has 3 rings (SSSR count). The van der Waals surface area contributed by atoms with Crippen LogP contribution >= 0.6 is 11.6 Å². The fourth-order valence-electron chi connectivity index (χ4n) is 2.93. The van der Waals surface area contributed by atoms with Crippen LogP contribution in [0, 0.1) is 5.41 Å². The molecule has 2 heterocycles. The molecule has 1 aromatic heterocycles. The van der Waals surface area contributed by atoms with E-state index in [1.165, 1.54) is 0 Å². The van der Waals surface area contributed by atoms with Gasteiger partial charge in [-0.1, -0.05) is 23.7 Å². The second-order valence-corrected chi connectivity index (χ2v) is 6.94. The van der Waals surface area contributed by atoms with Gasteiger partial charge in [0, 0.05) is 31.5 Å². The van der Waals surface area contributed by atoms with Crippen molar-refractivity contribution >= 4 is 23.5 Å². The first-order chi connectivity index (χ1) is 11.9. The summed E-state index contributed by atoms with van der Waals surface area (Å²) in [6.07, 6.45) is 2.67. The van der Waals surface area contributed by atoms with E-state index in [0.717, 1.165) is 5.56 Å². The van der Waals surface area contributed by atoms with Gasteiger partial charge in [-0.25, -0.2) is 4.98 Å². The lowest BCUT2D eigenvalue weighted by Crippen LogP contribution is -2.34. The largest absolute Gasteiger partial charge is 0.481 e. The number of amides is 1. The van der Waals surface area contributed by atoms with Crippen molar-refractivity contribution in [2.75, 3.05) is 13.1 Å². The molecule has 1 amide bonds. The molecule has 1 unspecified atom stereocenters. The number of hydrogen-bond acceptors (Lipinski definition) is 4. The molecule has 2 aromatic rings. The van der Waals surface area contributed by atoms with E-state index < -0.39 is 11.4 Å². The fraction of sp³-hybridized carbons (Fsp3) is 0.389. The highest BCUT2D eigenvalue weighted by Crippen LogP contribution is 2.31. The monoisotopic (exact) mass is 362 g/mol. The van der Waals surface area contributed by atoms with Crippen molar-refractivity contribution in [2.45, 2.75) is 26.2 Å². The summed E-state index contributed by atoms with van der Waals surface area (Å²) in [7, 11) is 0. The molecule has 0 bridgehead atoms. The summed E-state index contributed by atoms with van der Waals surface area (Å²) in [6.45, 7) is 2.39. The first kappa shape index (κ1) is 17.5. The van der Waals surface area contributed by atoms with Gasteiger partial charge in [0.2, 0.25) is 5.91 Å². The third-order valence-corrected chi connectivity index (χ3v) is 4.92. The molecule has 1 N–H and O–H groups in total. The van der Waals surface area contributed by atoms with Gasteiger partial charge in [-0.05, 0) is 25.5 Å². The number of carbonyl (C=O) groups is 2. The number of carbonyl (C=O) groups excluding carboxylic acids is 1. The number of halogens is 1. The van der Waals surface area contributed by atoms with Crippen LogP contribution in [-0.2, 0) is 16.0 Å². The number of aryl methyl sites for hydroxylation is 1. The van der Waals surface area contributed by atoms with E-state index in [1.807, 2.05) is 18.2 Å². The average molecular weight is 363 g/mol. The average Bonchev–Trinajstić information content (AvgIpc) is 3.21. The Morgan fingerprint density at radius 1 is 1.40 bits per heavy atom. The maximum atomic E-state index is 12.3. The van der Waals surface area contributed by atoms with Crippen molar-refractivity contribution in [1.82, 2.24) is 9.88 Å². The minimum atomic E-state index is -0.861. The Hall–Kier alpha value is -2.34. The van der Waals surface area contributed by atoms with Crippen LogP contribution in [-0.4, -0.2) is 40.0 Å². The van der Waals surface area contributed by atoms with Gasteiger partial charge in [-0.2, -0.15) is 0 Å². The number of aliphatic carboxylic acids is 1. The van der Waals surface area contributed by atoms with E-state index in [0.29, 0.717) is 36.1 Å². The number of rotatable bonds is 5. The highest BCUT2D eigenvalue weighted by atomic mass is 35.5.